The molecule has 126 valence electrons. The van der Waals surface area contributed by atoms with Gasteiger partial charge < -0.3 is 10.2 Å². The van der Waals surface area contributed by atoms with Crippen LogP contribution in [0, 0.1) is 0 Å². The molecule has 3 rings (SSSR count). The van der Waals surface area contributed by atoms with E-state index in [1.165, 1.54) is 24.8 Å². The number of benzene rings is 1. The molecule has 0 saturated heterocycles. The van der Waals surface area contributed by atoms with Crippen LogP contribution in [0.4, 0.5) is 5.69 Å². The minimum atomic E-state index is -0.00985. The van der Waals surface area contributed by atoms with Crippen molar-refractivity contribution in [2.24, 2.45) is 0 Å². The van der Waals surface area contributed by atoms with E-state index in [1.807, 2.05) is 31.3 Å². The van der Waals surface area contributed by atoms with Gasteiger partial charge in [0.15, 0.2) is 0 Å². The molecule has 1 aliphatic rings. The number of amides is 1. The van der Waals surface area contributed by atoms with Crippen LogP contribution >= 0.6 is 0 Å². The average Bonchev–Trinajstić information content (AvgIpc) is 2.63. The van der Waals surface area contributed by atoms with Crippen LogP contribution in [0.5, 0.6) is 0 Å². The number of anilines is 1. The summed E-state index contributed by atoms with van der Waals surface area (Å²) < 4.78 is 0. The van der Waals surface area contributed by atoms with Crippen molar-refractivity contribution in [3.05, 3.63) is 59.9 Å². The normalized spacial score (nSPS) is 15.0. The summed E-state index contributed by atoms with van der Waals surface area (Å²) in [6.45, 7) is 0.788. The zero-order valence-electron chi connectivity index (χ0n) is 14.2. The highest BCUT2D eigenvalue weighted by molar-refractivity contribution is 5.94. The van der Waals surface area contributed by atoms with Gasteiger partial charge >= 0.3 is 0 Å². The third-order valence-electron chi connectivity index (χ3n) is 4.63. The molecule has 1 aliphatic carbocycles. The van der Waals surface area contributed by atoms with E-state index in [0.29, 0.717) is 11.6 Å². The summed E-state index contributed by atoms with van der Waals surface area (Å²) in [5, 5.41) is 3.15. The Morgan fingerprint density at radius 1 is 1.17 bits per heavy atom. The standard InChI is InChI=1S/C20H25N3O/c1-23(15-16-8-4-2-5-9-16)19-12-17(13-21-14-19)20(24)22-18-10-6-3-7-11-18/h2,4-5,8-9,12-14,18H,3,6-7,10-11,15H2,1H3,(H,22,24). The van der Waals surface area contributed by atoms with Crippen molar-refractivity contribution in [2.75, 3.05) is 11.9 Å². The van der Waals surface area contributed by atoms with E-state index >= 15 is 0 Å². The Hall–Kier alpha value is -2.36. The molecule has 2 aromatic rings. The van der Waals surface area contributed by atoms with Gasteiger partial charge in [-0.1, -0.05) is 49.6 Å². The Balaban J connectivity index is 1.65. The molecule has 1 amide bonds. The van der Waals surface area contributed by atoms with Crippen molar-refractivity contribution in [3.63, 3.8) is 0 Å². The van der Waals surface area contributed by atoms with Gasteiger partial charge in [-0.05, 0) is 24.5 Å². The number of pyridine rings is 1. The highest BCUT2D eigenvalue weighted by atomic mass is 16.1. The molecular weight excluding hydrogens is 298 g/mol. The van der Waals surface area contributed by atoms with Crippen molar-refractivity contribution < 1.29 is 4.79 Å². The van der Waals surface area contributed by atoms with E-state index < -0.39 is 0 Å². The predicted octanol–water partition coefficient (Wildman–Crippen LogP) is 3.78. The van der Waals surface area contributed by atoms with E-state index in [2.05, 4.69) is 27.3 Å². The van der Waals surface area contributed by atoms with Crippen molar-refractivity contribution >= 4 is 11.6 Å². The van der Waals surface area contributed by atoms with Crippen molar-refractivity contribution in [2.45, 2.75) is 44.7 Å². The largest absolute Gasteiger partial charge is 0.369 e. The van der Waals surface area contributed by atoms with Crippen LogP contribution in [0.15, 0.2) is 48.8 Å². The van der Waals surface area contributed by atoms with Gasteiger partial charge in [0.25, 0.3) is 5.91 Å². The molecule has 1 saturated carbocycles. The zero-order chi connectivity index (χ0) is 16.8. The van der Waals surface area contributed by atoms with E-state index in [-0.39, 0.29) is 5.91 Å². The number of rotatable bonds is 5. The Kier molecular flexibility index (Phi) is 5.47. The predicted molar refractivity (Wildman–Crippen MR) is 97.1 cm³/mol. The Labute approximate surface area is 143 Å². The van der Waals surface area contributed by atoms with Crippen molar-refractivity contribution in [1.29, 1.82) is 0 Å². The monoisotopic (exact) mass is 323 g/mol. The first kappa shape index (κ1) is 16.5. The first-order valence-corrected chi connectivity index (χ1v) is 8.73. The van der Waals surface area contributed by atoms with E-state index in [0.717, 1.165) is 25.1 Å². The molecule has 4 nitrogen and oxygen atoms in total. The van der Waals surface area contributed by atoms with Crippen LogP contribution in [0.2, 0.25) is 0 Å². The van der Waals surface area contributed by atoms with Gasteiger partial charge in [0.1, 0.15) is 0 Å². The molecule has 0 unspecified atom stereocenters. The fourth-order valence-corrected chi connectivity index (χ4v) is 3.22. The summed E-state index contributed by atoms with van der Waals surface area (Å²) >= 11 is 0. The maximum atomic E-state index is 12.5. The maximum Gasteiger partial charge on any atom is 0.253 e. The minimum absolute atomic E-state index is 0.00985. The van der Waals surface area contributed by atoms with Gasteiger partial charge in [0, 0.05) is 25.8 Å². The van der Waals surface area contributed by atoms with Gasteiger partial charge in [-0.2, -0.15) is 0 Å². The second kappa shape index (κ2) is 7.95. The van der Waals surface area contributed by atoms with Crippen LogP contribution in [0.25, 0.3) is 0 Å². The van der Waals surface area contributed by atoms with E-state index in [9.17, 15) is 4.79 Å². The fraction of sp³-hybridized carbons (Fsp3) is 0.400. The summed E-state index contributed by atoms with van der Waals surface area (Å²) in [5.41, 5.74) is 2.82. The molecule has 24 heavy (non-hydrogen) atoms. The number of nitrogens with one attached hydrogen (secondary N) is 1. The molecule has 1 aromatic heterocycles. The van der Waals surface area contributed by atoms with Gasteiger partial charge in [-0.15, -0.1) is 0 Å². The number of aromatic nitrogens is 1. The van der Waals surface area contributed by atoms with Crippen LogP contribution in [0.1, 0.15) is 48.0 Å². The number of hydrogen-bond donors (Lipinski definition) is 1. The zero-order valence-corrected chi connectivity index (χ0v) is 14.2. The lowest BCUT2D eigenvalue weighted by atomic mass is 9.95. The summed E-state index contributed by atoms with van der Waals surface area (Å²) in [6, 6.07) is 12.5. The molecule has 0 spiro atoms. The molecule has 0 atom stereocenters. The molecular formula is C20H25N3O. The van der Waals surface area contributed by atoms with E-state index in [4.69, 9.17) is 0 Å². The molecule has 0 bridgehead atoms. The Bertz CT molecular complexity index is 666. The third-order valence-corrected chi connectivity index (χ3v) is 4.63. The highest BCUT2D eigenvalue weighted by Gasteiger charge is 2.17. The molecule has 1 N–H and O–H groups in total. The number of carbonyl (C=O) groups is 1. The molecule has 4 heteroatoms. The molecule has 1 fully saturated rings. The summed E-state index contributed by atoms with van der Waals surface area (Å²) in [5.74, 6) is -0.00985. The smallest absolute Gasteiger partial charge is 0.253 e. The molecule has 0 radical (unpaired) electrons. The van der Waals surface area contributed by atoms with Crippen LogP contribution in [0.3, 0.4) is 0 Å². The van der Waals surface area contributed by atoms with Crippen LogP contribution in [-0.4, -0.2) is 24.0 Å². The van der Waals surface area contributed by atoms with Gasteiger partial charge in [0.2, 0.25) is 0 Å². The topological polar surface area (TPSA) is 45.2 Å². The SMILES string of the molecule is CN(Cc1ccccc1)c1cncc(C(=O)NC2CCCCC2)c1. The lowest BCUT2D eigenvalue weighted by Gasteiger charge is -2.23. The van der Waals surface area contributed by atoms with Gasteiger partial charge in [0.05, 0.1) is 17.4 Å². The van der Waals surface area contributed by atoms with Gasteiger partial charge in [-0.25, -0.2) is 0 Å². The first-order chi connectivity index (χ1) is 11.7. The first-order valence-electron chi connectivity index (χ1n) is 8.73. The maximum absolute atomic E-state index is 12.5. The van der Waals surface area contributed by atoms with Crippen LogP contribution in [-0.2, 0) is 6.54 Å². The Morgan fingerprint density at radius 3 is 2.67 bits per heavy atom. The quantitative estimate of drug-likeness (QED) is 0.911. The molecule has 1 aromatic carbocycles. The second-order valence-electron chi connectivity index (χ2n) is 6.58. The highest BCUT2D eigenvalue weighted by Crippen LogP contribution is 2.19. The lowest BCUT2D eigenvalue weighted by molar-refractivity contribution is 0.0927. The van der Waals surface area contributed by atoms with Gasteiger partial charge in [-0.3, -0.25) is 9.78 Å². The van der Waals surface area contributed by atoms with E-state index in [1.54, 1.807) is 12.4 Å². The lowest BCUT2D eigenvalue weighted by Crippen LogP contribution is -2.36. The number of carbonyl (C=O) groups excluding carboxylic acids is 1. The molecule has 0 aliphatic heterocycles. The third kappa shape index (κ3) is 4.34. The van der Waals surface area contributed by atoms with Crippen molar-refractivity contribution in [3.8, 4) is 0 Å². The minimum Gasteiger partial charge on any atom is -0.369 e. The Morgan fingerprint density at radius 2 is 1.92 bits per heavy atom. The molecule has 1 heterocycles. The van der Waals surface area contributed by atoms with Crippen molar-refractivity contribution in [1.82, 2.24) is 10.3 Å². The summed E-state index contributed by atoms with van der Waals surface area (Å²) in [7, 11) is 2.02. The summed E-state index contributed by atoms with van der Waals surface area (Å²) in [6.07, 6.45) is 9.34. The fourth-order valence-electron chi connectivity index (χ4n) is 3.22. The average molecular weight is 323 g/mol. The number of hydrogen-bond acceptors (Lipinski definition) is 3. The second-order valence-corrected chi connectivity index (χ2v) is 6.58. The summed E-state index contributed by atoms with van der Waals surface area (Å²) in [4.78, 5) is 18.8. The number of nitrogens with zero attached hydrogens (tertiary/aromatic N) is 2. The van der Waals surface area contributed by atoms with Crippen LogP contribution < -0.4 is 10.2 Å².